The predicted molar refractivity (Wildman–Crippen MR) is 72.1 cm³/mol. The van der Waals surface area contributed by atoms with E-state index >= 15 is 0 Å². The summed E-state index contributed by atoms with van der Waals surface area (Å²) < 4.78 is 0. The molecule has 0 aliphatic carbocycles. The molecule has 1 fully saturated rings. The molecule has 17 heavy (non-hydrogen) atoms. The maximum atomic E-state index is 5.83. The van der Waals surface area contributed by atoms with Gasteiger partial charge in [0, 0.05) is 30.4 Å². The van der Waals surface area contributed by atoms with Crippen LogP contribution in [0.25, 0.3) is 0 Å². The fourth-order valence-electron chi connectivity index (χ4n) is 2.57. The monoisotopic (exact) mass is 233 g/mol. The minimum Gasteiger partial charge on any atom is -0.354 e. The normalized spacial score (nSPS) is 21.4. The third kappa shape index (κ3) is 2.78. The van der Waals surface area contributed by atoms with Crippen molar-refractivity contribution in [2.45, 2.75) is 52.1 Å². The zero-order chi connectivity index (χ0) is 12.3. The van der Waals surface area contributed by atoms with Crippen LogP contribution in [0.1, 0.15) is 43.9 Å². The van der Waals surface area contributed by atoms with Crippen LogP contribution in [-0.2, 0) is 6.54 Å². The van der Waals surface area contributed by atoms with E-state index in [-0.39, 0.29) is 0 Å². The van der Waals surface area contributed by atoms with Gasteiger partial charge in [0.1, 0.15) is 5.82 Å². The topological polar surface area (TPSA) is 42.1 Å². The summed E-state index contributed by atoms with van der Waals surface area (Å²) in [6.07, 6.45) is 5.20. The molecule has 1 atom stereocenters. The van der Waals surface area contributed by atoms with E-state index < -0.39 is 0 Å². The van der Waals surface area contributed by atoms with E-state index in [0.717, 1.165) is 18.1 Å². The molecule has 1 aromatic rings. The summed E-state index contributed by atoms with van der Waals surface area (Å²) in [4.78, 5) is 7.15. The first-order valence-electron chi connectivity index (χ1n) is 6.65. The van der Waals surface area contributed by atoms with Gasteiger partial charge in [-0.05, 0) is 32.8 Å². The third-order valence-corrected chi connectivity index (χ3v) is 3.64. The minimum absolute atomic E-state index is 0.575. The highest BCUT2D eigenvalue weighted by atomic mass is 15.2. The van der Waals surface area contributed by atoms with Crippen molar-refractivity contribution >= 4 is 5.82 Å². The van der Waals surface area contributed by atoms with Crippen molar-refractivity contribution < 1.29 is 0 Å². The van der Waals surface area contributed by atoms with Crippen molar-refractivity contribution in [1.82, 2.24) is 4.98 Å². The van der Waals surface area contributed by atoms with Crippen LogP contribution in [0.4, 0.5) is 5.82 Å². The first-order valence-corrected chi connectivity index (χ1v) is 6.65. The molecule has 0 bridgehead atoms. The Labute approximate surface area is 104 Å². The van der Waals surface area contributed by atoms with Gasteiger partial charge in [0.05, 0.1) is 0 Å². The van der Waals surface area contributed by atoms with Gasteiger partial charge >= 0.3 is 0 Å². The standard InChI is InChI=1S/C14H23N3/c1-11-7-8-13(10-15)14(16-11)17-9-5-3-4-6-12(17)2/h7-8,12H,3-6,9-10,15H2,1-2H3. The summed E-state index contributed by atoms with van der Waals surface area (Å²) in [5.74, 6) is 1.11. The maximum absolute atomic E-state index is 5.83. The Morgan fingerprint density at radius 1 is 1.35 bits per heavy atom. The average molecular weight is 233 g/mol. The molecule has 3 nitrogen and oxygen atoms in total. The van der Waals surface area contributed by atoms with E-state index in [9.17, 15) is 0 Å². The Morgan fingerprint density at radius 3 is 2.94 bits per heavy atom. The summed E-state index contributed by atoms with van der Waals surface area (Å²) in [5, 5.41) is 0. The van der Waals surface area contributed by atoms with E-state index in [4.69, 9.17) is 10.7 Å². The molecule has 0 saturated carbocycles. The van der Waals surface area contributed by atoms with E-state index in [0.29, 0.717) is 12.6 Å². The molecule has 0 aromatic carbocycles. The highest BCUT2D eigenvalue weighted by Gasteiger charge is 2.20. The number of nitrogens with two attached hydrogens (primary N) is 1. The molecule has 1 aliphatic rings. The number of rotatable bonds is 2. The molecule has 2 N–H and O–H groups in total. The summed E-state index contributed by atoms with van der Waals surface area (Å²) >= 11 is 0. The van der Waals surface area contributed by atoms with Crippen LogP contribution in [0.5, 0.6) is 0 Å². The number of aryl methyl sites for hydroxylation is 1. The van der Waals surface area contributed by atoms with Gasteiger partial charge in [0.2, 0.25) is 0 Å². The first kappa shape index (κ1) is 12.4. The van der Waals surface area contributed by atoms with Crippen molar-refractivity contribution in [2.75, 3.05) is 11.4 Å². The van der Waals surface area contributed by atoms with Gasteiger partial charge in [-0.2, -0.15) is 0 Å². The molecule has 1 saturated heterocycles. The molecule has 1 unspecified atom stereocenters. The van der Waals surface area contributed by atoms with E-state index in [2.05, 4.69) is 17.9 Å². The van der Waals surface area contributed by atoms with E-state index in [1.165, 1.54) is 31.2 Å². The maximum Gasteiger partial charge on any atom is 0.133 e. The molecule has 0 amide bonds. The number of pyridine rings is 1. The third-order valence-electron chi connectivity index (χ3n) is 3.64. The molecule has 0 spiro atoms. The smallest absolute Gasteiger partial charge is 0.133 e. The number of nitrogens with zero attached hydrogens (tertiary/aromatic N) is 2. The Hall–Kier alpha value is -1.09. The molecule has 2 rings (SSSR count). The Bertz CT molecular complexity index is 376. The van der Waals surface area contributed by atoms with Crippen molar-refractivity contribution in [1.29, 1.82) is 0 Å². The van der Waals surface area contributed by atoms with Gasteiger partial charge in [-0.3, -0.25) is 0 Å². The van der Waals surface area contributed by atoms with Gasteiger partial charge in [-0.25, -0.2) is 4.98 Å². The van der Waals surface area contributed by atoms with Gasteiger partial charge < -0.3 is 10.6 Å². The predicted octanol–water partition coefficient (Wildman–Crippen LogP) is 2.62. The lowest BCUT2D eigenvalue weighted by Crippen LogP contribution is -2.34. The number of anilines is 1. The summed E-state index contributed by atoms with van der Waals surface area (Å²) in [7, 11) is 0. The molecular formula is C14H23N3. The Kier molecular flexibility index (Phi) is 4.00. The van der Waals surface area contributed by atoms with Crippen LogP contribution in [0.2, 0.25) is 0 Å². The van der Waals surface area contributed by atoms with Gasteiger partial charge in [0.15, 0.2) is 0 Å². The van der Waals surface area contributed by atoms with Crippen molar-refractivity contribution in [3.05, 3.63) is 23.4 Å². The zero-order valence-corrected chi connectivity index (χ0v) is 10.9. The Morgan fingerprint density at radius 2 is 2.18 bits per heavy atom. The van der Waals surface area contributed by atoms with Crippen LogP contribution in [-0.4, -0.2) is 17.6 Å². The van der Waals surface area contributed by atoms with Crippen molar-refractivity contribution in [3.8, 4) is 0 Å². The molecule has 2 heterocycles. The molecule has 1 aliphatic heterocycles. The van der Waals surface area contributed by atoms with Crippen LogP contribution < -0.4 is 10.6 Å². The minimum atomic E-state index is 0.575. The SMILES string of the molecule is Cc1ccc(CN)c(N2CCCCCC2C)n1. The van der Waals surface area contributed by atoms with Crippen molar-refractivity contribution in [3.63, 3.8) is 0 Å². The highest BCUT2D eigenvalue weighted by Crippen LogP contribution is 2.25. The van der Waals surface area contributed by atoms with Crippen molar-refractivity contribution in [2.24, 2.45) is 5.73 Å². The van der Waals surface area contributed by atoms with Gasteiger partial charge in [0.25, 0.3) is 0 Å². The van der Waals surface area contributed by atoms with Crippen LogP contribution >= 0.6 is 0 Å². The van der Waals surface area contributed by atoms with Crippen LogP contribution in [0.3, 0.4) is 0 Å². The second kappa shape index (κ2) is 5.50. The van der Waals surface area contributed by atoms with E-state index in [1.54, 1.807) is 0 Å². The quantitative estimate of drug-likeness (QED) is 0.854. The molecular weight excluding hydrogens is 210 g/mol. The first-order chi connectivity index (χ1) is 8.22. The van der Waals surface area contributed by atoms with Gasteiger partial charge in [-0.1, -0.05) is 18.9 Å². The van der Waals surface area contributed by atoms with Crippen LogP contribution in [0.15, 0.2) is 12.1 Å². The second-order valence-electron chi connectivity index (χ2n) is 5.03. The van der Waals surface area contributed by atoms with E-state index in [1.807, 2.05) is 13.0 Å². The summed E-state index contributed by atoms with van der Waals surface area (Å²) in [6, 6.07) is 4.75. The zero-order valence-electron chi connectivity index (χ0n) is 10.9. The lowest BCUT2D eigenvalue weighted by atomic mass is 10.1. The number of hydrogen-bond donors (Lipinski definition) is 1. The summed E-state index contributed by atoms with van der Waals surface area (Å²) in [6.45, 7) is 6.04. The highest BCUT2D eigenvalue weighted by molar-refractivity contribution is 5.48. The fraction of sp³-hybridized carbons (Fsp3) is 0.643. The van der Waals surface area contributed by atoms with Gasteiger partial charge in [-0.15, -0.1) is 0 Å². The lowest BCUT2D eigenvalue weighted by Gasteiger charge is -2.30. The summed E-state index contributed by atoms with van der Waals surface area (Å²) in [5.41, 5.74) is 8.07. The van der Waals surface area contributed by atoms with Crippen LogP contribution in [0, 0.1) is 6.92 Å². The average Bonchev–Trinajstić information content (AvgIpc) is 2.54. The molecule has 3 heteroatoms. The fourth-order valence-corrected chi connectivity index (χ4v) is 2.57. The molecule has 0 radical (unpaired) electrons. The molecule has 1 aromatic heterocycles. The largest absolute Gasteiger partial charge is 0.354 e. The number of hydrogen-bond acceptors (Lipinski definition) is 3. The number of aromatic nitrogens is 1. The lowest BCUT2D eigenvalue weighted by molar-refractivity contribution is 0.608. The Balaban J connectivity index is 2.32. The second-order valence-corrected chi connectivity index (χ2v) is 5.03. The molecule has 94 valence electrons.